The molecule has 0 saturated carbocycles. The Hall–Kier alpha value is -3.46. The van der Waals surface area contributed by atoms with Gasteiger partial charge in [-0.15, -0.1) is 0 Å². The molecule has 0 aromatic rings. The van der Waals surface area contributed by atoms with Crippen LogP contribution >= 0.6 is 0 Å². The van der Waals surface area contributed by atoms with Gasteiger partial charge in [0.2, 0.25) is 11.8 Å². The largest absolute Gasteiger partial charge is 0.480 e. The van der Waals surface area contributed by atoms with Crippen molar-refractivity contribution in [2.24, 2.45) is 0 Å². The summed E-state index contributed by atoms with van der Waals surface area (Å²) in [6.45, 7) is 3.25. The predicted molar refractivity (Wildman–Crippen MR) is 208 cm³/mol. The minimum atomic E-state index is -1.39. The summed E-state index contributed by atoms with van der Waals surface area (Å²) >= 11 is 0. The van der Waals surface area contributed by atoms with Gasteiger partial charge in [0.05, 0.1) is 13.2 Å². The van der Waals surface area contributed by atoms with Crippen molar-refractivity contribution in [2.75, 3.05) is 13.2 Å². The molecule has 4 N–H and O–H groups in total. The highest BCUT2D eigenvalue weighted by molar-refractivity contribution is 5.87. The molecule has 2 unspecified atom stereocenters. The van der Waals surface area contributed by atoms with Crippen LogP contribution in [-0.4, -0.2) is 59.3 Å². The van der Waals surface area contributed by atoms with E-state index in [9.17, 15) is 19.2 Å². The van der Waals surface area contributed by atoms with Crippen molar-refractivity contribution in [1.82, 2.24) is 10.6 Å². The first-order valence-corrected chi connectivity index (χ1v) is 19.7. The number of hydrogen-bond acceptors (Lipinski definition) is 6. The molecular formula is C42H70N2O7. The second kappa shape index (κ2) is 36.3. The number of ether oxygens (including phenoxy) is 1. The van der Waals surface area contributed by atoms with Gasteiger partial charge in [-0.05, 0) is 83.5 Å². The highest BCUT2D eigenvalue weighted by Crippen LogP contribution is 2.17. The first-order chi connectivity index (χ1) is 24.8. The summed E-state index contributed by atoms with van der Waals surface area (Å²) in [5.41, 5.74) is 0. The Morgan fingerprint density at radius 1 is 0.608 bits per heavy atom. The van der Waals surface area contributed by atoms with Gasteiger partial charge < -0.3 is 25.6 Å². The van der Waals surface area contributed by atoms with Crippen molar-refractivity contribution >= 4 is 23.8 Å². The number of unbranched alkanes of at least 4 members (excludes halogenated alkanes) is 10. The first-order valence-electron chi connectivity index (χ1n) is 19.7. The van der Waals surface area contributed by atoms with Gasteiger partial charge in [-0.25, -0.2) is 4.79 Å². The van der Waals surface area contributed by atoms with E-state index in [-0.39, 0.29) is 30.9 Å². The van der Waals surface area contributed by atoms with Crippen LogP contribution in [0.4, 0.5) is 0 Å². The molecule has 0 radical (unpaired) electrons. The standard InChI is InChI=1S/C42H70N2O7/c1-3-5-7-9-10-11-12-13-14-15-16-17-18-19-20-21-22-23-24-25-30-34-41(48)51-37(31-27-8-6-4-2)32-28-26-29-33-39(46)43-35-40(47)44-38(36-45)42(49)50/h5,7,10-11,13-14,16-17,19-20,37-38,45H,3-4,6,8-9,12,15,18,21-36H2,1-2H3,(H,43,46)(H,44,47)(H,49,50)/b7-5-,11-10-,14-13-,17-16-,20-19-. The van der Waals surface area contributed by atoms with Crippen molar-refractivity contribution in [3.63, 3.8) is 0 Å². The van der Waals surface area contributed by atoms with Gasteiger partial charge >= 0.3 is 11.9 Å². The molecule has 0 bridgehead atoms. The zero-order valence-electron chi connectivity index (χ0n) is 31.8. The molecule has 9 heteroatoms. The molecular weight excluding hydrogens is 644 g/mol. The van der Waals surface area contributed by atoms with Gasteiger partial charge in [0.15, 0.2) is 0 Å². The molecule has 0 aromatic carbocycles. The van der Waals surface area contributed by atoms with E-state index in [1.807, 2.05) is 0 Å². The average molecular weight is 715 g/mol. The van der Waals surface area contributed by atoms with Crippen LogP contribution in [-0.2, 0) is 23.9 Å². The van der Waals surface area contributed by atoms with Crippen LogP contribution in [0.25, 0.3) is 0 Å². The molecule has 0 aliphatic heterocycles. The number of carboxylic acid groups (broad SMARTS) is 1. The highest BCUT2D eigenvalue weighted by Gasteiger charge is 2.19. The fourth-order valence-corrected chi connectivity index (χ4v) is 5.27. The molecule has 9 nitrogen and oxygen atoms in total. The van der Waals surface area contributed by atoms with E-state index in [2.05, 4.69) is 85.2 Å². The Morgan fingerprint density at radius 2 is 1.12 bits per heavy atom. The minimum Gasteiger partial charge on any atom is -0.480 e. The third-order valence-corrected chi connectivity index (χ3v) is 8.28. The number of amides is 2. The van der Waals surface area contributed by atoms with Crippen molar-refractivity contribution < 1.29 is 34.1 Å². The van der Waals surface area contributed by atoms with Gasteiger partial charge in [0, 0.05) is 12.8 Å². The van der Waals surface area contributed by atoms with E-state index in [0.29, 0.717) is 12.8 Å². The summed E-state index contributed by atoms with van der Waals surface area (Å²) in [6, 6.07) is -1.39. The van der Waals surface area contributed by atoms with Crippen LogP contribution in [0.2, 0.25) is 0 Å². The lowest BCUT2D eigenvalue weighted by molar-refractivity contribution is -0.150. The fourth-order valence-electron chi connectivity index (χ4n) is 5.27. The molecule has 0 heterocycles. The van der Waals surface area contributed by atoms with Crippen LogP contribution in [0.5, 0.6) is 0 Å². The van der Waals surface area contributed by atoms with Crippen LogP contribution in [0, 0.1) is 0 Å². The zero-order chi connectivity index (χ0) is 37.6. The first kappa shape index (κ1) is 47.5. The maximum absolute atomic E-state index is 12.6. The SMILES string of the molecule is CC/C=C\C/C=C\C/C=C\C/C=C\C/C=C\CCCCCCCC(=O)OC(CCCCCC)CCCCCC(=O)NCC(=O)NC(CO)C(=O)O. The van der Waals surface area contributed by atoms with Gasteiger partial charge in [-0.2, -0.15) is 0 Å². The topological polar surface area (TPSA) is 142 Å². The van der Waals surface area contributed by atoms with E-state index in [4.69, 9.17) is 14.9 Å². The normalized spacial score (nSPS) is 13.2. The third kappa shape index (κ3) is 33.4. The maximum Gasteiger partial charge on any atom is 0.328 e. The molecule has 0 rings (SSSR count). The van der Waals surface area contributed by atoms with Gasteiger partial charge in [-0.3, -0.25) is 14.4 Å². The second-order valence-electron chi connectivity index (χ2n) is 13.0. The Kier molecular flexibility index (Phi) is 33.9. The molecule has 0 aliphatic rings. The summed E-state index contributed by atoms with van der Waals surface area (Å²) in [6.07, 6.45) is 42.7. The number of carbonyl (C=O) groups excluding carboxylic acids is 3. The number of hydrogen-bond donors (Lipinski definition) is 4. The summed E-state index contributed by atoms with van der Waals surface area (Å²) in [7, 11) is 0. The summed E-state index contributed by atoms with van der Waals surface area (Å²) < 4.78 is 5.88. The number of allylic oxidation sites excluding steroid dienone is 10. The number of esters is 1. The van der Waals surface area contributed by atoms with Crippen LogP contribution in [0.15, 0.2) is 60.8 Å². The van der Waals surface area contributed by atoms with Crippen molar-refractivity contribution in [1.29, 1.82) is 0 Å². The van der Waals surface area contributed by atoms with Crippen LogP contribution < -0.4 is 10.6 Å². The Bertz CT molecular complexity index is 1050. The third-order valence-electron chi connectivity index (χ3n) is 8.28. The predicted octanol–water partition coefficient (Wildman–Crippen LogP) is 8.98. The van der Waals surface area contributed by atoms with Crippen LogP contribution in [0.1, 0.15) is 155 Å². The summed E-state index contributed by atoms with van der Waals surface area (Å²) in [5.74, 6) is -2.42. The number of rotatable bonds is 34. The molecule has 0 saturated heterocycles. The van der Waals surface area contributed by atoms with E-state index in [1.54, 1.807) is 0 Å². The van der Waals surface area contributed by atoms with E-state index in [0.717, 1.165) is 103 Å². The quantitative estimate of drug-likeness (QED) is 0.0296. The molecule has 0 fully saturated rings. The van der Waals surface area contributed by atoms with Crippen molar-refractivity contribution in [3.8, 4) is 0 Å². The molecule has 2 atom stereocenters. The zero-order valence-corrected chi connectivity index (χ0v) is 31.8. The number of nitrogens with one attached hydrogen (secondary N) is 2. The highest BCUT2D eigenvalue weighted by atomic mass is 16.5. The molecule has 0 aromatic heterocycles. The number of carboxylic acids is 1. The van der Waals surface area contributed by atoms with Crippen molar-refractivity contribution in [2.45, 2.75) is 167 Å². The number of aliphatic hydroxyl groups excluding tert-OH is 1. The number of aliphatic hydroxyl groups is 1. The second-order valence-corrected chi connectivity index (χ2v) is 13.0. The Morgan fingerprint density at radius 3 is 1.69 bits per heavy atom. The van der Waals surface area contributed by atoms with E-state index >= 15 is 0 Å². The summed E-state index contributed by atoms with van der Waals surface area (Å²) in [5, 5.41) is 22.5. The van der Waals surface area contributed by atoms with Gasteiger partial charge in [0.1, 0.15) is 12.1 Å². The summed E-state index contributed by atoms with van der Waals surface area (Å²) in [4.78, 5) is 47.3. The van der Waals surface area contributed by atoms with E-state index < -0.39 is 24.5 Å². The molecule has 51 heavy (non-hydrogen) atoms. The number of carbonyl (C=O) groups is 4. The Balaban J connectivity index is 4.06. The molecule has 2 amide bonds. The maximum atomic E-state index is 12.6. The van der Waals surface area contributed by atoms with Gasteiger partial charge in [0.25, 0.3) is 0 Å². The molecule has 0 spiro atoms. The molecule has 0 aliphatic carbocycles. The average Bonchev–Trinajstić information content (AvgIpc) is 3.11. The van der Waals surface area contributed by atoms with Gasteiger partial charge in [-0.1, -0.05) is 120 Å². The fraction of sp³-hybridized carbons (Fsp3) is 0.667. The Labute approximate surface area is 309 Å². The number of aliphatic carboxylic acids is 1. The lowest BCUT2D eigenvalue weighted by Crippen LogP contribution is -2.47. The van der Waals surface area contributed by atoms with Crippen molar-refractivity contribution in [3.05, 3.63) is 60.8 Å². The minimum absolute atomic E-state index is 0.0935. The lowest BCUT2D eigenvalue weighted by atomic mass is 10.0. The van der Waals surface area contributed by atoms with E-state index in [1.165, 1.54) is 19.3 Å². The van der Waals surface area contributed by atoms with Crippen LogP contribution in [0.3, 0.4) is 0 Å². The molecule has 290 valence electrons. The lowest BCUT2D eigenvalue weighted by Gasteiger charge is -2.18. The monoisotopic (exact) mass is 715 g/mol. The smallest absolute Gasteiger partial charge is 0.328 e.